The van der Waals surface area contributed by atoms with Crippen LogP contribution in [0.15, 0.2) is 39.3 Å². The highest BCUT2D eigenvalue weighted by atomic mass is 79.9. The molecule has 2 aromatic carbocycles. The van der Waals surface area contributed by atoms with Gasteiger partial charge in [0.25, 0.3) is 5.91 Å². The molecule has 0 spiro atoms. The number of phenolic OH excluding ortho intramolecular Hbond substituents is 1. The number of aromatic hydroxyl groups is 1. The van der Waals surface area contributed by atoms with Gasteiger partial charge in [0.15, 0.2) is 5.75 Å². The van der Waals surface area contributed by atoms with Crippen LogP contribution in [-0.4, -0.2) is 46.7 Å². The van der Waals surface area contributed by atoms with Crippen molar-refractivity contribution in [2.24, 2.45) is 0 Å². The molecule has 2 rings (SSSR count). The highest BCUT2D eigenvalue weighted by molar-refractivity contribution is 9.11. The van der Waals surface area contributed by atoms with Crippen molar-refractivity contribution in [3.8, 4) is 17.2 Å². The number of benzene rings is 2. The number of phenols is 1. The Kier molecular flexibility index (Phi) is 11.0. The number of esters is 1. The number of halogens is 2. The highest BCUT2D eigenvalue weighted by Gasteiger charge is 2.26. The van der Waals surface area contributed by atoms with Gasteiger partial charge in [-0.05, 0) is 100 Å². The zero-order chi connectivity index (χ0) is 25.5. The van der Waals surface area contributed by atoms with Crippen molar-refractivity contribution in [3.63, 3.8) is 0 Å². The number of carbonyl (C=O) groups excluding carboxylic acids is 2. The van der Waals surface area contributed by atoms with E-state index in [-0.39, 0.29) is 23.7 Å². The summed E-state index contributed by atoms with van der Waals surface area (Å²) < 4.78 is 23.3. The monoisotopic (exact) mass is 637 g/mol. The SMILES string of the molecule is CCOC(=O)C(CCSC)NC(=O)c1cc(Oc2c(Br)cc(C(C)(O)[PH2]=O)cc2Br)ccc1O. The standard InChI is InChI=1S/C22H26Br2NO7PS/c1-4-31-21(28)17(7-8-34-3)25-20(27)14-11-13(5-6-18(14)26)32-19-15(23)9-12(10-16(19)24)22(2,29)33-30/h5-6,9-11,17,26,29H,4,7-8,33H2,1-3H3,(H,25,27). The Hall–Kier alpha value is -1.52. The number of thioether (sulfide) groups is 1. The summed E-state index contributed by atoms with van der Waals surface area (Å²) in [7, 11) is -1.48. The Morgan fingerprint density at radius 3 is 2.44 bits per heavy atom. The molecule has 2 aromatic rings. The Morgan fingerprint density at radius 2 is 1.88 bits per heavy atom. The quantitative estimate of drug-likeness (QED) is 0.231. The van der Waals surface area contributed by atoms with Crippen LogP contribution in [0.5, 0.6) is 17.2 Å². The fourth-order valence-electron chi connectivity index (χ4n) is 2.86. The van der Waals surface area contributed by atoms with Gasteiger partial charge in [-0.1, -0.05) is 0 Å². The summed E-state index contributed by atoms with van der Waals surface area (Å²) in [4.78, 5) is 25.1. The normalized spacial score (nSPS) is 13.9. The predicted molar refractivity (Wildman–Crippen MR) is 141 cm³/mol. The third-order valence-electron chi connectivity index (χ3n) is 4.73. The summed E-state index contributed by atoms with van der Waals surface area (Å²) in [5.74, 6) is -0.236. The first-order chi connectivity index (χ1) is 16.0. The summed E-state index contributed by atoms with van der Waals surface area (Å²) in [5.41, 5.74) is 0.363. The number of ether oxygens (including phenoxy) is 2. The first-order valence-electron chi connectivity index (χ1n) is 10.2. The van der Waals surface area contributed by atoms with Gasteiger partial charge in [0.2, 0.25) is 0 Å². The molecular weight excluding hydrogens is 613 g/mol. The molecule has 0 aliphatic heterocycles. The van der Waals surface area contributed by atoms with Crippen LogP contribution in [0.2, 0.25) is 0 Å². The van der Waals surface area contributed by atoms with Crippen LogP contribution in [0.1, 0.15) is 36.2 Å². The van der Waals surface area contributed by atoms with E-state index < -0.39 is 31.7 Å². The van der Waals surface area contributed by atoms with Crippen LogP contribution in [-0.2, 0) is 19.4 Å². The van der Waals surface area contributed by atoms with Gasteiger partial charge in [0, 0.05) is 0 Å². The second-order valence-corrected chi connectivity index (χ2v) is 11.4. The minimum absolute atomic E-state index is 0.0716. The molecule has 34 heavy (non-hydrogen) atoms. The number of hydrogen-bond acceptors (Lipinski definition) is 8. The predicted octanol–water partition coefficient (Wildman–Crippen LogP) is 5.05. The van der Waals surface area contributed by atoms with Gasteiger partial charge < -0.3 is 29.6 Å². The molecule has 0 saturated carbocycles. The molecule has 1 amide bonds. The minimum atomic E-state index is -1.48. The first-order valence-corrected chi connectivity index (χ1v) is 14.2. The van der Waals surface area contributed by atoms with E-state index >= 15 is 0 Å². The topological polar surface area (TPSA) is 122 Å². The largest absolute Gasteiger partial charge is 0.507 e. The minimum Gasteiger partial charge on any atom is -0.507 e. The number of amides is 1. The van der Waals surface area contributed by atoms with Crippen molar-refractivity contribution in [2.45, 2.75) is 31.7 Å². The Balaban J connectivity index is 2.30. The molecule has 0 aliphatic rings. The third kappa shape index (κ3) is 7.49. The number of rotatable bonds is 11. The van der Waals surface area contributed by atoms with Gasteiger partial charge in [-0.2, -0.15) is 11.8 Å². The van der Waals surface area contributed by atoms with E-state index in [0.717, 1.165) is 0 Å². The average Bonchev–Trinajstić information content (AvgIpc) is 2.79. The zero-order valence-electron chi connectivity index (χ0n) is 18.8. The van der Waals surface area contributed by atoms with Crippen LogP contribution in [0.4, 0.5) is 0 Å². The molecule has 0 aromatic heterocycles. The van der Waals surface area contributed by atoms with Crippen LogP contribution in [0.25, 0.3) is 0 Å². The van der Waals surface area contributed by atoms with Crippen LogP contribution in [0.3, 0.4) is 0 Å². The summed E-state index contributed by atoms with van der Waals surface area (Å²) in [5, 5.41) is 21.7. The Morgan fingerprint density at radius 1 is 1.24 bits per heavy atom. The average molecular weight is 639 g/mol. The molecule has 186 valence electrons. The fraction of sp³-hybridized carbons (Fsp3) is 0.364. The number of hydrogen-bond donors (Lipinski definition) is 3. The molecular formula is C22H26Br2NO7PS. The van der Waals surface area contributed by atoms with Crippen molar-refractivity contribution in [3.05, 3.63) is 50.4 Å². The van der Waals surface area contributed by atoms with Gasteiger partial charge in [-0.15, -0.1) is 0 Å². The Bertz CT molecular complexity index is 1040. The van der Waals surface area contributed by atoms with E-state index in [2.05, 4.69) is 37.2 Å². The van der Waals surface area contributed by atoms with Crippen molar-refractivity contribution < 1.29 is 33.8 Å². The maximum absolute atomic E-state index is 12.9. The molecule has 3 N–H and O–H groups in total. The maximum Gasteiger partial charge on any atom is 0.328 e. The number of nitrogens with one attached hydrogen (secondary N) is 1. The first kappa shape index (κ1) is 28.7. The molecule has 0 radical (unpaired) electrons. The molecule has 0 aliphatic carbocycles. The lowest BCUT2D eigenvalue weighted by atomic mass is 10.1. The lowest BCUT2D eigenvalue weighted by Crippen LogP contribution is -2.42. The second-order valence-electron chi connectivity index (χ2n) is 7.37. The van der Waals surface area contributed by atoms with Gasteiger partial charge in [-0.25, -0.2) is 4.79 Å². The third-order valence-corrected chi connectivity index (χ3v) is 7.35. The van der Waals surface area contributed by atoms with E-state index in [1.165, 1.54) is 36.9 Å². The van der Waals surface area contributed by atoms with Crippen molar-refractivity contribution >= 4 is 64.0 Å². The molecule has 3 unspecified atom stereocenters. The van der Waals surface area contributed by atoms with Gasteiger partial charge in [0.05, 0.1) is 29.6 Å². The summed E-state index contributed by atoms with van der Waals surface area (Å²) in [6, 6.07) is 6.48. The molecule has 0 heterocycles. The molecule has 8 nitrogen and oxygen atoms in total. The summed E-state index contributed by atoms with van der Waals surface area (Å²) in [6.45, 7) is 3.33. The summed E-state index contributed by atoms with van der Waals surface area (Å²) in [6.07, 6.45) is 2.27. The molecule has 3 atom stereocenters. The maximum atomic E-state index is 12.9. The van der Waals surface area contributed by atoms with E-state index in [1.54, 1.807) is 19.1 Å². The van der Waals surface area contributed by atoms with Crippen LogP contribution >= 0.6 is 52.1 Å². The lowest BCUT2D eigenvalue weighted by molar-refractivity contribution is -0.145. The molecule has 0 fully saturated rings. The van der Waals surface area contributed by atoms with E-state index in [1.807, 2.05) is 6.26 Å². The zero-order valence-corrected chi connectivity index (χ0v) is 23.9. The smallest absolute Gasteiger partial charge is 0.328 e. The molecule has 0 saturated heterocycles. The molecule has 0 bridgehead atoms. The van der Waals surface area contributed by atoms with E-state index in [4.69, 9.17) is 9.47 Å². The highest BCUT2D eigenvalue weighted by Crippen LogP contribution is 2.42. The lowest BCUT2D eigenvalue weighted by Gasteiger charge is -2.20. The number of carbonyl (C=O) groups is 2. The summed E-state index contributed by atoms with van der Waals surface area (Å²) >= 11 is 8.30. The van der Waals surface area contributed by atoms with Crippen molar-refractivity contribution in [1.29, 1.82) is 0 Å². The van der Waals surface area contributed by atoms with Crippen molar-refractivity contribution in [2.75, 3.05) is 18.6 Å². The Labute approximate surface area is 220 Å². The van der Waals surface area contributed by atoms with E-state index in [0.29, 0.717) is 32.4 Å². The van der Waals surface area contributed by atoms with Gasteiger partial charge in [-0.3, -0.25) is 4.79 Å². The van der Waals surface area contributed by atoms with E-state index in [9.17, 15) is 24.4 Å². The molecule has 12 heteroatoms. The fourth-order valence-corrected chi connectivity index (χ4v) is 4.98. The second kappa shape index (κ2) is 13.0. The van der Waals surface area contributed by atoms with Crippen LogP contribution < -0.4 is 10.1 Å². The van der Waals surface area contributed by atoms with Gasteiger partial charge >= 0.3 is 5.97 Å². The van der Waals surface area contributed by atoms with Crippen LogP contribution in [0, 0.1) is 0 Å². The van der Waals surface area contributed by atoms with Gasteiger partial charge in [0.1, 0.15) is 22.9 Å². The number of aliphatic hydroxyl groups is 1. The van der Waals surface area contributed by atoms with Crippen molar-refractivity contribution in [1.82, 2.24) is 5.32 Å².